The number of nitrogens with one attached hydrogen (secondary N) is 3. The number of sulfone groups is 1. The lowest BCUT2D eigenvalue weighted by atomic mass is 9.83. The van der Waals surface area contributed by atoms with Crippen LogP contribution in [0.3, 0.4) is 0 Å². The topological polar surface area (TPSA) is 185 Å². The van der Waals surface area contributed by atoms with Crippen LogP contribution in [0.5, 0.6) is 0 Å². The minimum absolute atomic E-state index is 0.00372. The molecule has 4 fully saturated rings. The van der Waals surface area contributed by atoms with E-state index in [0.29, 0.717) is 23.7 Å². The molecule has 0 bridgehead atoms. The fourth-order valence-corrected chi connectivity index (χ4v) is 8.81. The lowest BCUT2D eigenvalue weighted by Crippen LogP contribution is -2.65. The fraction of sp³-hybridized carbons (Fsp3) is 0.844. The summed E-state index contributed by atoms with van der Waals surface area (Å²) in [5, 5.41) is 8.60. The summed E-state index contributed by atoms with van der Waals surface area (Å²) < 4.78 is 26.1. The Kier molecular flexibility index (Phi) is 9.71. The second-order valence-electron chi connectivity index (χ2n) is 16.7. The first-order valence-electron chi connectivity index (χ1n) is 16.6. The van der Waals surface area contributed by atoms with Crippen molar-refractivity contribution in [3.8, 4) is 0 Å². The van der Waals surface area contributed by atoms with Crippen LogP contribution in [-0.2, 0) is 29.0 Å². The van der Waals surface area contributed by atoms with Crippen molar-refractivity contribution >= 4 is 39.4 Å². The van der Waals surface area contributed by atoms with E-state index in [9.17, 15) is 32.4 Å². The molecule has 2 aliphatic heterocycles. The maximum Gasteiger partial charge on any atom is 0.315 e. The molecule has 14 heteroatoms. The summed E-state index contributed by atoms with van der Waals surface area (Å²) in [7, 11) is 0.405. The minimum atomic E-state index is -3.56. The third-order valence-corrected chi connectivity index (χ3v) is 13.4. The smallest absolute Gasteiger partial charge is 0.315 e. The van der Waals surface area contributed by atoms with Gasteiger partial charge in [0, 0.05) is 0 Å². The molecule has 0 aromatic heterocycles. The Labute approximate surface area is 273 Å². The number of hydrogen-bond donors (Lipinski definition) is 4. The number of rotatable bonds is 11. The van der Waals surface area contributed by atoms with E-state index in [0.717, 1.165) is 32.1 Å². The average molecular weight is 668 g/mol. The molecule has 5 unspecified atom stereocenters. The molecule has 5 N–H and O–H groups in total. The monoisotopic (exact) mass is 667 g/mol. The van der Waals surface area contributed by atoms with Crippen LogP contribution in [0.25, 0.3) is 0 Å². The molecule has 46 heavy (non-hydrogen) atoms. The Morgan fingerprint density at radius 1 is 0.957 bits per heavy atom. The number of hydrogen-bond acceptors (Lipinski definition) is 7. The largest absolute Gasteiger partial charge is 0.363 e. The van der Waals surface area contributed by atoms with Crippen LogP contribution in [-0.4, -0.2) is 114 Å². The summed E-state index contributed by atoms with van der Waals surface area (Å²) in [4.78, 5) is 67.7. The molecular formula is C32H55N6O7S+. The third kappa shape index (κ3) is 7.53. The number of quaternary nitrogens is 1. The van der Waals surface area contributed by atoms with E-state index in [1.165, 1.54) is 4.90 Å². The highest BCUT2D eigenvalue weighted by atomic mass is 32.2. The van der Waals surface area contributed by atoms with Gasteiger partial charge in [-0.15, -0.1) is 0 Å². The predicted octanol–water partition coefficient (Wildman–Crippen LogP) is 0.994. The van der Waals surface area contributed by atoms with Crippen molar-refractivity contribution < 1.29 is 36.9 Å². The molecule has 4 aliphatic rings. The molecule has 13 nitrogen and oxygen atoms in total. The number of amides is 5. The van der Waals surface area contributed by atoms with Gasteiger partial charge in [-0.05, 0) is 51.4 Å². The summed E-state index contributed by atoms with van der Waals surface area (Å²) in [6.07, 6.45) is 5.68. The summed E-state index contributed by atoms with van der Waals surface area (Å²) in [6.45, 7) is 10.7. The lowest BCUT2D eigenvalue weighted by Gasteiger charge is -2.41. The number of ketones is 1. The summed E-state index contributed by atoms with van der Waals surface area (Å²) in [6, 6.07) is -3.84. The second-order valence-corrected chi connectivity index (χ2v) is 19.4. The number of Topliss-reactive ketones (excluding diaryl/α,β-unsaturated/α-hetero) is 1. The average Bonchev–Trinajstić information content (AvgIpc) is 3.76. The van der Waals surface area contributed by atoms with Gasteiger partial charge >= 0.3 is 6.03 Å². The predicted molar refractivity (Wildman–Crippen MR) is 173 cm³/mol. The quantitative estimate of drug-likeness (QED) is 0.144. The summed E-state index contributed by atoms with van der Waals surface area (Å²) in [5.41, 5.74) is 3.58. The highest BCUT2D eigenvalue weighted by molar-refractivity contribution is 7.92. The van der Waals surface area contributed by atoms with E-state index in [4.69, 9.17) is 5.73 Å². The van der Waals surface area contributed by atoms with Crippen molar-refractivity contribution in [3.63, 3.8) is 0 Å². The van der Waals surface area contributed by atoms with Gasteiger partial charge in [0.2, 0.25) is 17.6 Å². The Morgan fingerprint density at radius 3 is 2.04 bits per heavy atom. The number of fused-ring (bicyclic) bond motifs is 1. The fourth-order valence-electron chi connectivity index (χ4n) is 7.29. The molecule has 2 saturated carbocycles. The molecule has 2 heterocycles. The minimum Gasteiger partial charge on any atom is -0.363 e. The van der Waals surface area contributed by atoms with Crippen molar-refractivity contribution in [1.82, 2.24) is 20.9 Å². The molecule has 5 amide bonds. The van der Waals surface area contributed by atoms with Crippen molar-refractivity contribution in [2.45, 2.75) is 133 Å². The zero-order valence-corrected chi connectivity index (χ0v) is 29.6. The van der Waals surface area contributed by atoms with Crippen LogP contribution in [0, 0.1) is 11.3 Å². The molecule has 0 radical (unpaired) electrons. The third-order valence-electron chi connectivity index (χ3n) is 10.6. The van der Waals surface area contributed by atoms with E-state index in [1.54, 1.807) is 20.8 Å². The Hall–Kier alpha value is -2.74. The standard InChI is InChI=1S/C32H54N6O7S/c1-30(2,3)25(35-29(43)36-32(14-10-9-11-15-32)18-46(44,45)31(4,5)6)28(42)37-17-21-23(38(21,7)8)22(37)27(41)34-20(16-19-12-13-19)24(39)26(33)40/h19-23,25H,9-18H2,1-8H3,(H4-,33,34,35,36,40,41,43)/p+1. The molecule has 4 rings (SSSR count). The Bertz CT molecular complexity index is 1360. The number of carbonyl (C=O) groups is 5. The highest BCUT2D eigenvalue weighted by Gasteiger charge is 2.73. The van der Waals surface area contributed by atoms with Crippen molar-refractivity contribution in [1.29, 1.82) is 0 Å². The molecular weight excluding hydrogens is 612 g/mol. The number of likely N-dealkylation sites (N-methyl/N-ethyl adjacent to an activating group) is 1. The molecule has 5 atom stereocenters. The number of piperazine rings is 1. The number of nitrogens with two attached hydrogens (primary N) is 1. The van der Waals surface area contributed by atoms with Crippen LogP contribution < -0.4 is 21.7 Å². The normalized spacial score (nSPS) is 26.7. The molecule has 2 saturated heterocycles. The van der Waals surface area contributed by atoms with Crippen LogP contribution >= 0.6 is 0 Å². The number of urea groups is 1. The van der Waals surface area contributed by atoms with Gasteiger partial charge in [0.05, 0.1) is 42.7 Å². The van der Waals surface area contributed by atoms with Crippen LogP contribution in [0.15, 0.2) is 0 Å². The first-order chi connectivity index (χ1) is 21.0. The first kappa shape index (κ1) is 36.1. The molecule has 260 valence electrons. The van der Waals surface area contributed by atoms with Crippen LogP contribution in [0.2, 0.25) is 0 Å². The SMILES string of the molecule is CC(C)(C)C(NC(=O)NC1(CS(=O)(=O)C(C)(C)C)CCCCC1)C(=O)N1CC2C(C1C(=O)NC(CC1CC1)C(=O)C(N)=O)[N+]2(C)C. The van der Waals surface area contributed by atoms with Gasteiger partial charge < -0.3 is 31.1 Å². The number of carbonyl (C=O) groups excluding carboxylic acids is 5. The van der Waals surface area contributed by atoms with Gasteiger partial charge in [-0.3, -0.25) is 19.2 Å². The van der Waals surface area contributed by atoms with Crippen LogP contribution in [0.1, 0.15) is 92.9 Å². The lowest BCUT2D eigenvalue weighted by molar-refractivity contribution is -0.788. The second kappa shape index (κ2) is 12.4. The zero-order valence-electron chi connectivity index (χ0n) is 28.8. The molecule has 0 spiro atoms. The van der Waals surface area contributed by atoms with Crippen LogP contribution in [0.4, 0.5) is 4.79 Å². The molecule has 0 aromatic rings. The van der Waals surface area contributed by atoms with E-state index < -0.39 is 73.2 Å². The van der Waals surface area contributed by atoms with E-state index in [2.05, 4.69) is 16.0 Å². The number of likely N-dealkylation sites (tertiary alicyclic amines) is 1. The highest BCUT2D eigenvalue weighted by Crippen LogP contribution is 2.46. The zero-order chi connectivity index (χ0) is 34.6. The van der Waals surface area contributed by atoms with Gasteiger partial charge in [-0.1, -0.05) is 52.9 Å². The first-order valence-corrected chi connectivity index (χ1v) is 18.2. The van der Waals surface area contributed by atoms with E-state index >= 15 is 0 Å². The van der Waals surface area contributed by atoms with E-state index in [1.807, 2.05) is 34.9 Å². The van der Waals surface area contributed by atoms with E-state index in [-0.39, 0.29) is 30.3 Å². The Balaban J connectivity index is 1.55. The molecule has 2 aliphatic carbocycles. The van der Waals surface area contributed by atoms with Crippen molar-refractivity contribution in [2.75, 3.05) is 26.4 Å². The van der Waals surface area contributed by atoms with Gasteiger partial charge in [-0.2, -0.15) is 0 Å². The van der Waals surface area contributed by atoms with Gasteiger partial charge in [0.15, 0.2) is 28.0 Å². The Morgan fingerprint density at radius 2 is 1.54 bits per heavy atom. The van der Waals surface area contributed by atoms with Crippen molar-refractivity contribution in [3.05, 3.63) is 0 Å². The molecule has 0 aromatic carbocycles. The number of nitrogens with zero attached hydrogens (tertiary/aromatic N) is 2. The summed E-state index contributed by atoms with van der Waals surface area (Å²) >= 11 is 0. The van der Waals surface area contributed by atoms with Gasteiger partial charge in [-0.25, -0.2) is 13.2 Å². The van der Waals surface area contributed by atoms with Crippen molar-refractivity contribution in [2.24, 2.45) is 17.1 Å². The summed E-state index contributed by atoms with van der Waals surface area (Å²) in [5.74, 6) is -2.88. The van der Waals surface area contributed by atoms with Gasteiger partial charge in [0.25, 0.3) is 5.91 Å². The maximum atomic E-state index is 14.3. The van der Waals surface area contributed by atoms with Gasteiger partial charge in [0.1, 0.15) is 6.04 Å². The maximum absolute atomic E-state index is 14.3. The number of primary amides is 1.